The summed E-state index contributed by atoms with van der Waals surface area (Å²) >= 11 is 0. The van der Waals surface area contributed by atoms with E-state index in [9.17, 15) is 5.11 Å². The first-order chi connectivity index (χ1) is 7.36. The molecule has 0 amide bonds. The normalized spacial score (nSPS) is 26.2. The van der Waals surface area contributed by atoms with E-state index in [0.29, 0.717) is 19.6 Å². The maximum absolute atomic E-state index is 9.47. The van der Waals surface area contributed by atoms with Crippen LogP contribution in [0.25, 0.3) is 0 Å². The minimum Gasteiger partial charge on any atom is -0.390 e. The lowest BCUT2D eigenvalue weighted by Crippen LogP contribution is -2.22. The van der Waals surface area contributed by atoms with Crippen molar-refractivity contribution in [2.45, 2.75) is 25.2 Å². The Morgan fingerprint density at radius 2 is 2.20 bits per heavy atom. The molecular weight excluding hydrogens is 190 g/mol. The molecule has 0 saturated carbocycles. The summed E-state index contributed by atoms with van der Waals surface area (Å²) < 4.78 is 5.30. The Labute approximate surface area is 89.4 Å². The van der Waals surface area contributed by atoms with E-state index in [2.05, 4.69) is 4.99 Å². The van der Waals surface area contributed by atoms with Crippen molar-refractivity contribution in [3.05, 3.63) is 35.9 Å². The molecule has 0 aliphatic carbocycles. The zero-order valence-electron chi connectivity index (χ0n) is 8.54. The zero-order valence-corrected chi connectivity index (χ0v) is 8.54. The number of hydrogen-bond acceptors (Lipinski definition) is 3. The van der Waals surface area contributed by atoms with E-state index in [4.69, 9.17) is 4.74 Å². The number of nitrogens with zero attached hydrogens (tertiary/aromatic N) is 1. The molecule has 1 fully saturated rings. The Bertz CT molecular complexity index is 324. The Morgan fingerprint density at radius 3 is 2.87 bits per heavy atom. The van der Waals surface area contributed by atoms with E-state index in [-0.39, 0.29) is 12.2 Å². The predicted octanol–water partition coefficient (Wildman–Crippen LogP) is 1.41. The highest BCUT2D eigenvalue weighted by molar-refractivity contribution is 5.64. The summed E-state index contributed by atoms with van der Waals surface area (Å²) in [5.74, 6) is 0. The van der Waals surface area contributed by atoms with Gasteiger partial charge in [0.25, 0.3) is 0 Å². The number of rotatable bonds is 3. The maximum atomic E-state index is 9.47. The second kappa shape index (κ2) is 5.05. The summed E-state index contributed by atoms with van der Waals surface area (Å²) in [5, 5.41) is 9.47. The molecule has 0 spiro atoms. The van der Waals surface area contributed by atoms with Gasteiger partial charge in [-0.2, -0.15) is 0 Å². The largest absolute Gasteiger partial charge is 0.390 e. The smallest absolute Gasteiger partial charge is 0.118 e. The molecule has 15 heavy (non-hydrogen) atoms. The fourth-order valence-electron chi connectivity index (χ4n) is 1.59. The van der Waals surface area contributed by atoms with E-state index < -0.39 is 0 Å². The van der Waals surface area contributed by atoms with E-state index in [1.165, 1.54) is 5.56 Å². The summed E-state index contributed by atoms with van der Waals surface area (Å²) in [6.07, 6.45) is 1.82. The third-order valence-electron chi connectivity index (χ3n) is 2.47. The summed E-state index contributed by atoms with van der Waals surface area (Å²) in [4.78, 5) is 4.26. The highest BCUT2D eigenvalue weighted by Crippen LogP contribution is 2.11. The van der Waals surface area contributed by atoms with E-state index in [1.54, 1.807) is 6.21 Å². The van der Waals surface area contributed by atoms with Gasteiger partial charge in [0, 0.05) is 6.21 Å². The molecule has 0 aromatic heterocycles. The lowest BCUT2D eigenvalue weighted by Gasteiger charge is -2.06. The fraction of sp³-hybridized carbons (Fsp3) is 0.417. The van der Waals surface area contributed by atoms with Gasteiger partial charge < -0.3 is 9.84 Å². The van der Waals surface area contributed by atoms with E-state index >= 15 is 0 Å². The second-order valence-electron chi connectivity index (χ2n) is 3.67. The van der Waals surface area contributed by atoms with Crippen molar-refractivity contribution in [3.63, 3.8) is 0 Å². The molecule has 0 radical (unpaired) electrons. The summed E-state index contributed by atoms with van der Waals surface area (Å²) in [5.41, 5.74) is 1.17. The minimum absolute atomic E-state index is 0.214. The summed E-state index contributed by atoms with van der Waals surface area (Å²) in [6.45, 7) is 1.27. The van der Waals surface area contributed by atoms with Crippen LogP contribution in [0.15, 0.2) is 35.3 Å². The van der Waals surface area contributed by atoms with E-state index in [0.717, 1.165) is 0 Å². The first-order valence-electron chi connectivity index (χ1n) is 5.20. The quantitative estimate of drug-likeness (QED) is 0.758. The highest BCUT2D eigenvalue weighted by atomic mass is 16.5. The predicted molar refractivity (Wildman–Crippen MR) is 59.0 cm³/mol. The molecular formula is C12H15NO2. The lowest BCUT2D eigenvalue weighted by atomic mass is 10.2. The second-order valence-corrected chi connectivity index (χ2v) is 3.67. The van der Waals surface area contributed by atoms with Crippen molar-refractivity contribution >= 4 is 6.21 Å². The van der Waals surface area contributed by atoms with Gasteiger partial charge in [0.05, 0.1) is 19.3 Å². The lowest BCUT2D eigenvalue weighted by molar-refractivity contribution is 0.0904. The number of benzene rings is 1. The van der Waals surface area contributed by atoms with Gasteiger partial charge in [-0.1, -0.05) is 30.3 Å². The van der Waals surface area contributed by atoms with E-state index in [1.807, 2.05) is 30.3 Å². The zero-order chi connectivity index (χ0) is 10.5. The van der Waals surface area contributed by atoms with Crippen LogP contribution in [0.3, 0.4) is 0 Å². The molecule has 0 unspecified atom stereocenters. The third-order valence-corrected chi connectivity index (χ3v) is 2.47. The van der Waals surface area contributed by atoms with Gasteiger partial charge in [0.15, 0.2) is 0 Å². The molecule has 1 aromatic carbocycles. The first-order valence-corrected chi connectivity index (χ1v) is 5.20. The van der Waals surface area contributed by atoms with Gasteiger partial charge in [0.1, 0.15) is 6.10 Å². The van der Waals surface area contributed by atoms with Crippen LogP contribution in [0.4, 0.5) is 0 Å². The molecule has 3 nitrogen and oxygen atoms in total. The Hall–Kier alpha value is -1.19. The molecule has 80 valence electrons. The molecule has 0 bridgehead atoms. The van der Waals surface area contributed by atoms with Crippen LogP contribution in [0.1, 0.15) is 12.0 Å². The topological polar surface area (TPSA) is 41.8 Å². The molecule has 1 aliphatic heterocycles. The summed E-state index contributed by atoms with van der Waals surface area (Å²) in [7, 11) is 0. The number of aliphatic hydroxyl groups excluding tert-OH is 1. The van der Waals surface area contributed by atoms with Crippen molar-refractivity contribution in [2.24, 2.45) is 4.99 Å². The number of aliphatic imine (C=N–C) groups is 1. The minimum atomic E-state index is -0.385. The van der Waals surface area contributed by atoms with Crippen LogP contribution >= 0.6 is 0 Å². The first kappa shape index (κ1) is 10.3. The highest BCUT2D eigenvalue weighted by Gasteiger charge is 2.23. The van der Waals surface area contributed by atoms with Crippen LogP contribution in [-0.2, 0) is 11.3 Å². The third kappa shape index (κ3) is 2.88. The van der Waals surface area contributed by atoms with Crippen LogP contribution < -0.4 is 0 Å². The van der Waals surface area contributed by atoms with Gasteiger partial charge in [0.2, 0.25) is 0 Å². The van der Waals surface area contributed by atoms with Crippen molar-refractivity contribution in [1.29, 1.82) is 0 Å². The fourth-order valence-corrected chi connectivity index (χ4v) is 1.59. The molecule has 2 rings (SSSR count). The van der Waals surface area contributed by atoms with Crippen molar-refractivity contribution < 1.29 is 9.84 Å². The molecule has 1 aliphatic rings. The van der Waals surface area contributed by atoms with Gasteiger partial charge in [-0.3, -0.25) is 4.99 Å². The average Bonchev–Trinajstić information content (AvgIpc) is 2.66. The maximum Gasteiger partial charge on any atom is 0.118 e. The number of aliphatic hydroxyl groups is 1. The number of hydrogen-bond donors (Lipinski definition) is 1. The van der Waals surface area contributed by atoms with Crippen LogP contribution in [0, 0.1) is 0 Å². The molecule has 1 aromatic rings. The van der Waals surface area contributed by atoms with Crippen LogP contribution in [0.2, 0.25) is 0 Å². The van der Waals surface area contributed by atoms with Gasteiger partial charge in [-0.15, -0.1) is 0 Å². The van der Waals surface area contributed by atoms with Crippen LogP contribution in [-0.4, -0.2) is 30.1 Å². The van der Waals surface area contributed by atoms with Gasteiger partial charge in [-0.05, 0) is 12.0 Å². The molecule has 1 saturated heterocycles. The SMILES string of the molecule is O[C@@H]1CCO[C@H]1C=NCc1ccccc1. The molecule has 1 heterocycles. The van der Waals surface area contributed by atoms with Gasteiger partial charge >= 0.3 is 0 Å². The number of ether oxygens (including phenoxy) is 1. The van der Waals surface area contributed by atoms with Gasteiger partial charge in [-0.25, -0.2) is 0 Å². The Kier molecular flexibility index (Phi) is 3.48. The summed E-state index contributed by atoms with van der Waals surface area (Å²) in [6, 6.07) is 10.0. The molecule has 2 atom stereocenters. The molecule has 3 heteroatoms. The molecule has 1 N–H and O–H groups in total. The Morgan fingerprint density at radius 1 is 1.40 bits per heavy atom. The van der Waals surface area contributed by atoms with Crippen molar-refractivity contribution in [3.8, 4) is 0 Å². The monoisotopic (exact) mass is 205 g/mol. The van der Waals surface area contributed by atoms with Crippen LogP contribution in [0.5, 0.6) is 0 Å². The average molecular weight is 205 g/mol. The Balaban J connectivity index is 1.85. The van der Waals surface area contributed by atoms with Crippen molar-refractivity contribution in [1.82, 2.24) is 0 Å². The standard InChI is InChI=1S/C12H15NO2/c14-11-6-7-15-12(11)9-13-8-10-4-2-1-3-5-10/h1-5,9,11-12,14H,6-8H2/t11-,12+/m1/s1. The van der Waals surface area contributed by atoms with Crippen molar-refractivity contribution in [2.75, 3.05) is 6.61 Å².